The van der Waals surface area contributed by atoms with Gasteiger partial charge in [0.25, 0.3) is 0 Å². The molecule has 0 aromatic heterocycles. The Labute approximate surface area is 89.2 Å². The number of hydrogen-bond donors (Lipinski definition) is 1. The maximum Gasteiger partial charge on any atom is 0.175 e. The van der Waals surface area contributed by atoms with Gasteiger partial charge in [-0.3, -0.25) is 0 Å². The number of likely N-dealkylation sites (N-methyl/N-ethyl adjacent to an activating group) is 1. The largest absolute Gasteiger partial charge is 0.317 e. The van der Waals surface area contributed by atoms with Crippen molar-refractivity contribution < 1.29 is 12.8 Å². The fourth-order valence-corrected chi connectivity index (χ4v) is 1.85. The third kappa shape index (κ3) is 3.28. The lowest BCUT2D eigenvalue weighted by Crippen LogP contribution is -2.13. The van der Waals surface area contributed by atoms with E-state index in [4.69, 9.17) is 0 Å². The van der Waals surface area contributed by atoms with Crippen molar-refractivity contribution in [2.75, 3.05) is 19.8 Å². The molecule has 1 aromatic rings. The summed E-state index contributed by atoms with van der Waals surface area (Å²) in [6.45, 7) is 0.220. The van der Waals surface area contributed by atoms with Crippen molar-refractivity contribution in [2.24, 2.45) is 0 Å². The molecule has 0 heterocycles. The van der Waals surface area contributed by atoms with Crippen LogP contribution in [-0.2, 0) is 9.84 Å². The average Bonchev–Trinajstić information content (AvgIpc) is 2.17. The van der Waals surface area contributed by atoms with E-state index in [1.165, 1.54) is 24.3 Å². The Hall–Kier alpha value is -0.940. The fraction of sp³-hybridized carbons (Fsp3) is 0.400. The third-order valence-electron chi connectivity index (χ3n) is 2.05. The van der Waals surface area contributed by atoms with Crippen LogP contribution in [0.2, 0.25) is 0 Å². The highest BCUT2D eigenvalue weighted by Gasteiger charge is 2.10. The summed E-state index contributed by atoms with van der Waals surface area (Å²) in [6.07, 6.45) is 0.0197. The summed E-state index contributed by atoms with van der Waals surface area (Å²) in [6, 6.07) is 5.84. The molecule has 3 nitrogen and oxygen atoms in total. The van der Waals surface area contributed by atoms with Crippen LogP contribution in [0.4, 0.5) is 4.39 Å². The van der Waals surface area contributed by atoms with Crippen molar-refractivity contribution in [1.82, 2.24) is 5.32 Å². The van der Waals surface area contributed by atoms with E-state index in [1.54, 1.807) is 7.05 Å². The van der Waals surface area contributed by atoms with Gasteiger partial charge in [0.1, 0.15) is 6.17 Å². The Balaban J connectivity index is 2.90. The summed E-state index contributed by atoms with van der Waals surface area (Å²) < 4.78 is 35.6. The van der Waals surface area contributed by atoms with E-state index in [0.717, 1.165) is 6.26 Å². The van der Waals surface area contributed by atoms with Gasteiger partial charge in [0.2, 0.25) is 0 Å². The van der Waals surface area contributed by atoms with Gasteiger partial charge in [0.05, 0.1) is 4.90 Å². The molecular formula is C10H14FNO2S. The van der Waals surface area contributed by atoms with Gasteiger partial charge >= 0.3 is 0 Å². The lowest BCUT2D eigenvalue weighted by atomic mass is 10.1. The zero-order valence-corrected chi connectivity index (χ0v) is 9.51. The molecule has 1 N–H and O–H groups in total. The summed E-state index contributed by atoms with van der Waals surface area (Å²) in [5, 5.41) is 2.72. The molecule has 0 fully saturated rings. The van der Waals surface area contributed by atoms with Crippen LogP contribution in [0.1, 0.15) is 11.7 Å². The number of rotatable bonds is 4. The van der Waals surface area contributed by atoms with Crippen molar-refractivity contribution in [3.8, 4) is 0 Å². The average molecular weight is 231 g/mol. The van der Waals surface area contributed by atoms with Crippen LogP contribution in [-0.4, -0.2) is 28.3 Å². The van der Waals surface area contributed by atoms with Gasteiger partial charge in [0, 0.05) is 12.8 Å². The lowest BCUT2D eigenvalue weighted by molar-refractivity contribution is 0.335. The molecule has 0 saturated heterocycles. The smallest absolute Gasteiger partial charge is 0.175 e. The number of hydrogen-bond acceptors (Lipinski definition) is 3. The number of sulfone groups is 1. The minimum absolute atomic E-state index is 0.211. The van der Waals surface area contributed by atoms with E-state index in [1.807, 2.05) is 0 Å². The van der Waals surface area contributed by atoms with E-state index in [9.17, 15) is 12.8 Å². The Morgan fingerprint density at radius 2 is 1.87 bits per heavy atom. The second-order valence-corrected chi connectivity index (χ2v) is 5.38. The van der Waals surface area contributed by atoms with Crippen LogP contribution >= 0.6 is 0 Å². The SMILES string of the molecule is CNCC(F)c1ccc(S(C)(=O)=O)cc1. The first kappa shape index (κ1) is 12.1. The van der Waals surface area contributed by atoms with Gasteiger partial charge in [0.15, 0.2) is 9.84 Å². The van der Waals surface area contributed by atoms with Gasteiger partial charge < -0.3 is 5.32 Å². The van der Waals surface area contributed by atoms with Gasteiger partial charge in [-0.05, 0) is 24.7 Å². The standard InChI is InChI=1S/C10H14FNO2S/c1-12-7-10(11)8-3-5-9(6-4-8)15(2,13)14/h3-6,10,12H,7H2,1-2H3. The highest BCUT2D eigenvalue weighted by molar-refractivity contribution is 7.90. The first-order valence-electron chi connectivity index (χ1n) is 4.54. The quantitative estimate of drug-likeness (QED) is 0.850. The molecule has 0 spiro atoms. The van der Waals surface area contributed by atoms with Crippen molar-refractivity contribution in [2.45, 2.75) is 11.1 Å². The van der Waals surface area contributed by atoms with E-state index >= 15 is 0 Å². The topological polar surface area (TPSA) is 46.2 Å². The summed E-state index contributed by atoms with van der Waals surface area (Å²) >= 11 is 0. The molecule has 1 atom stereocenters. The molecule has 1 aromatic carbocycles. The number of benzene rings is 1. The van der Waals surface area contributed by atoms with Crippen LogP contribution < -0.4 is 5.32 Å². The van der Waals surface area contributed by atoms with E-state index in [2.05, 4.69) is 5.32 Å². The zero-order chi connectivity index (χ0) is 11.5. The second kappa shape index (κ2) is 4.72. The molecule has 84 valence electrons. The van der Waals surface area contributed by atoms with Crippen LogP contribution in [0.25, 0.3) is 0 Å². The lowest BCUT2D eigenvalue weighted by Gasteiger charge is -2.08. The first-order valence-corrected chi connectivity index (χ1v) is 6.43. The monoisotopic (exact) mass is 231 g/mol. The van der Waals surface area contributed by atoms with Gasteiger partial charge in [-0.1, -0.05) is 12.1 Å². The molecule has 0 bridgehead atoms. The van der Waals surface area contributed by atoms with Crippen LogP contribution in [0, 0.1) is 0 Å². The number of halogens is 1. The van der Waals surface area contributed by atoms with Gasteiger partial charge in [-0.15, -0.1) is 0 Å². The van der Waals surface area contributed by atoms with Crippen molar-refractivity contribution in [3.63, 3.8) is 0 Å². The second-order valence-electron chi connectivity index (χ2n) is 3.37. The number of nitrogens with one attached hydrogen (secondary N) is 1. The molecule has 0 radical (unpaired) electrons. The molecule has 0 amide bonds. The molecule has 1 rings (SSSR count). The van der Waals surface area contributed by atoms with Crippen molar-refractivity contribution >= 4 is 9.84 Å². The molecule has 0 aliphatic heterocycles. The molecular weight excluding hydrogens is 217 g/mol. The van der Waals surface area contributed by atoms with Crippen LogP contribution in [0.15, 0.2) is 29.2 Å². The summed E-state index contributed by atoms with van der Waals surface area (Å²) in [7, 11) is -1.53. The molecule has 0 aliphatic carbocycles. The van der Waals surface area contributed by atoms with Gasteiger partial charge in [-0.25, -0.2) is 12.8 Å². The predicted molar refractivity (Wildman–Crippen MR) is 57.3 cm³/mol. The Kier molecular flexibility index (Phi) is 3.82. The Morgan fingerprint density at radius 3 is 2.27 bits per heavy atom. The van der Waals surface area contributed by atoms with Crippen LogP contribution in [0.5, 0.6) is 0 Å². The molecule has 1 unspecified atom stereocenters. The maximum atomic E-state index is 13.4. The highest BCUT2D eigenvalue weighted by atomic mass is 32.2. The van der Waals surface area contributed by atoms with E-state index in [0.29, 0.717) is 5.56 Å². The zero-order valence-electron chi connectivity index (χ0n) is 8.70. The normalized spacial score (nSPS) is 13.8. The van der Waals surface area contributed by atoms with E-state index < -0.39 is 16.0 Å². The molecule has 0 saturated carbocycles. The van der Waals surface area contributed by atoms with Crippen molar-refractivity contribution in [3.05, 3.63) is 29.8 Å². The molecule has 15 heavy (non-hydrogen) atoms. The maximum absolute atomic E-state index is 13.4. The Morgan fingerprint density at radius 1 is 1.33 bits per heavy atom. The highest BCUT2D eigenvalue weighted by Crippen LogP contribution is 2.18. The first-order chi connectivity index (χ1) is 6.95. The predicted octanol–water partition coefficient (Wildman–Crippen LogP) is 1.32. The van der Waals surface area contributed by atoms with Crippen molar-refractivity contribution in [1.29, 1.82) is 0 Å². The summed E-state index contributed by atoms with van der Waals surface area (Å²) in [5.74, 6) is 0. The third-order valence-corrected chi connectivity index (χ3v) is 3.18. The minimum atomic E-state index is -3.20. The summed E-state index contributed by atoms with van der Waals surface area (Å²) in [5.41, 5.74) is 0.483. The van der Waals surface area contributed by atoms with Gasteiger partial charge in [-0.2, -0.15) is 0 Å². The molecule has 0 aliphatic rings. The fourth-order valence-electron chi connectivity index (χ4n) is 1.22. The minimum Gasteiger partial charge on any atom is -0.317 e. The van der Waals surface area contributed by atoms with Crippen LogP contribution in [0.3, 0.4) is 0 Å². The number of alkyl halides is 1. The summed E-state index contributed by atoms with van der Waals surface area (Å²) in [4.78, 5) is 0.211. The molecule has 5 heteroatoms. The Bertz CT molecular complexity index is 414. The van der Waals surface area contributed by atoms with E-state index in [-0.39, 0.29) is 11.4 Å².